The van der Waals surface area contributed by atoms with Crippen LogP contribution >= 0.6 is 22.9 Å². The molecule has 1 aliphatic rings. The number of carbonyl (C=O) groups is 1. The van der Waals surface area contributed by atoms with Gasteiger partial charge in [0.05, 0.1) is 21.6 Å². The molecule has 1 unspecified atom stereocenters. The summed E-state index contributed by atoms with van der Waals surface area (Å²) in [7, 11) is -3.52. The van der Waals surface area contributed by atoms with E-state index in [0.29, 0.717) is 15.0 Å². The van der Waals surface area contributed by atoms with Crippen LogP contribution in [0.5, 0.6) is 0 Å². The summed E-state index contributed by atoms with van der Waals surface area (Å²) >= 11 is 7.00. The van der Waals surface area contributed by atoms with Crippen LogP contribution in [0.2, 0.25) is 4.34 Å². The number of amidine groups is 1. The molecule has 0 aliphatic carbocycles. The normalized spacial score (nSPS) is 15.7. The summed E-state index contributed by atoms with van der Waals surface area (Å²) in [6.07, 6.45) is 2.32. The van der Waals surface area contributed by atoms with Crippen LogP contribution in [0.25, 0.3) is 0 Å². The molecule has 0 bridgehead atoms. The molecule has 2 heterocycles. The predicted octanol–water partition coefficient (Wildman–Crippen LogP) is 2.41. The lowest BCUT2D eigenvalue weighted by atomic mass is 10.1. The smallest absolute Gasteiger partial charge is 0.261 e. The van der Waals surface area contributed by atoms with Gasteiger partial charge in [-0.15, -0.1) is 15.7 Å². The van der Waals surface area contributed by atoms with Gasteiger partial charge < -0.3 is 20.6 Å². The minimum atomic E-state index is -3.52. The average molecular weight is 485 g/mol. The first-order valence-electron chi connectivity index (χ1n) is 9.82. The first-order chi connectivity index (χ1) is 14.7. The average Bonchev–Trinajstić information content (AvgIpc) is 3.40. The number of thiophene rings is 1. The number of likely N-dealkylation sites (tertiary alicyclic amines) is 1. The Labute approximate surface area is 191 Å². The Hall–Kier alpha value is -2.14. The summed E-state index contributed by atoms with van der Waals surface area (Å²) in [6.45, 7) is 1.90. The molecule has 3 N–H and O–H groups in total. The molecule has 1 fully saturated rings. The van der Waals surface area contributed by atoms with Crippen LogP contribution in [-0.4, -0.2) is 68.7 Å². The number of halogens is 1. The summed E-state index contributed by atoms with van der Waals surface area (Å²) in [4.78, 5) is 14.5. The number of aliphatic hydroxyl groups excluding tert-OH is 1. The molecule has 31 heavy (non-hydrogen) atoms. The van der Waals surface area contributed by atoms with E-state index in [4.69, 9.17) is 11.6 Å². The Balaban J connectivity index is 1.54. The van der Waals surface area contributed by atoms with E-state index < -0.39 is 16.1 Å². The van der Waals surface area contributed by atoms with E-state index in [1.165, 1.54) is 11.3 Å². The van der Waals surface area contributed by atoms with Crippen molar-refractivity contribution in [2.24, 2.45) is 4.40 Å². The second-order valence-corrected chi connectivity index (χ2v) is 10.6. The third kappa shape index (κ3) is 7.20. The van der Waals surface area contributed by atoms with Gasteiger partial charge in [0, 0.05) is 37.4 Å². The van der Waals surface area contributed by atoms with Gasteiger partial charge in [0.2, 0.25) is 0 Å². The van der Waals surface area contributed by atoms with Crippen molar-refractivity contribution in [3.05, 3.63) is 51.2 Å². The molecule has 0 saturated carbocycles. The summed E-state index contributed by atoms with van der Waals surface area (Å²) in [6, 6.07) is 10.5. The monoisotopic (exact) mass is 484 g/mol. The van der Waals surface area contributed by atoms with Crippen molar-refractivity contribution in [1.29, 1.82) is 0 Å². The van der Waals surface area contributed by atoms with Gasteiger partial charge in [-0.25, -0.2) is 8.42 Å². The van der Waals surface area contributed by atoms with Crippen LogP contribution in [0.15, 0.2) is 40.8 Å². The van der Waals surface area contributed by atoms with Crippen molar-refractivity contribution in [2.45, 2.75) is 18.9 Å². The largest absolute Gasteiger partial charge is 0.389 e. The minimum absolute atomic E-state index is 0.0968. The summed E-state index contributed by atoms with van der Waals surface area (Å²) in [5.74, 6) is 0.183. The fourth-order valence-corrected chi connectivity index (χ4v) is 4.65. The molecular formula is C20H25ClN4O4S2. The van der Waals surface area contributed by atoms with Gasteiger partial charge in [-0.05, 0) is 49.2 Å². The molecule has 1 aromatic heterocycles. The second-order valence-electron chi connectivity index (χ2n) is 7.27. The van der Waals surface area contributed by atoms with Gasteiger partial charge in [0.15, 0.2) is 0 Å². The van der Waals surface area contributed by atoms with E-state index in [9.17, 15) is 18.3 Å². The first-order valence-corrected chi connectivity index (χ1v) is 12.9. The van der Waals surface area contributed by atoms with E-state index in [1.807, 2.05) is 17.0 Å². The molecule has 1 amide bonds. The van der Waals surface area contributed by atoms with Crippen LogP contribution in [0.1, 0.15) is 28.1 Å². The molecule has 1 atom stereocenters. The van der Waals surface area contributed by atoms with E-state index in [-0.39, 0.29) is 19.0 Å². The topological polar surface area (TPSA) is 111 Å². The first kappa shape index (κ1) is 23.5. The standard InChI is InChI=1S/C20H25ClN4O4S2/c1-31(28,29)24-19(25-10-2-3-11-25)14-4-6-15(7-5-14)22-12-16(26)13-23-20(27)17-8-9-18(21)30-17/h4-9,16,22,26H,2-3,10-13H2,1H3,(H,23,27). The number of carbonyl (C=O) groups excluding carboxylic acids is 1. The maximum atomic E-state index is 12.0. The highest BCUT2D eigenvalue weighted by Crippen LogP contribution is 2.21. The van der Waals surface area contributed by atoms with Crippen LogP contribution in [0.4, 0.5) is 5.69 Å². The van der Waals surface area contributed by atoms with Gasteiger partial charge in [-0.2, -0.15) is 0 Å². The molecule has 3 rings (SSSR count). The fraction of sp³-hybridized carbons (Fsp3) is 0.400. The van der Waals surface area contributed by atoms with Crippen molar-refractivity contribution in [2.75, 3.05) is 37.8 Å². The molecule has 8 nitrogen and oxygen atoms in total. The van der Waals surface area contributed by atoms with E-state index in [2.05, 4.69) is 15.0 Å². The third-order valence-corrected chi connectivity index (χ3v) is 6.37. The molecule has 1 saturated heterocycles. The van der Waals surface area contributed by atoms with Crippen molar-refractivity contribution < 1.29 is 18.3 Å². The highest BCUT2D eigenvalue weighted by molar-refractivity contribution is 7.89. The van der Waals surface area contributed by atoms with Gasteiger partial charge in [0.25, 0.3) is 15.9 Å². The van der Waals surface area contributed by atoms with E-state index in [0.717, 1.165) is 43.4 Å². The molecule has 0 spiro atoms. The number of hydrogen-bond donors (Lipinski definition) is 3. The van der Waals surface area contributed by atoms with E-state index in [1.54, 1.807) is 24.3 Å². The Morgan fingerprint density at radius 2 is 1.87 bits per heavy atom. The number of aliphatic hydroxyl groups is 1. The number of rotatable bonds is 8. The van der Waals surface area contributed by atoms with Gasteiger partial charge in [0.1, 0.15) is 5.84 Å². The Morgan fingerprint density at radius 1 is 1.19 bits per heavy atom. The molecule has 11 heteroatoms. The quantitative estimate of drug-likeness (QED) is 0.392. The number of anilines is 1. The predicted molar refractivity (Wildman–Crippen MR) is 125 cm³/mol. The Kier molecular flexibility index (Phi) is 7.93. The number of nitrogens with one attached hydrogen (secondary N) is 2. The molecule has 1 aliphatic heterocycles. The summed E-state index contributed by atoms with van der Waals surface area (Å²) < 4.78 is 27.9. The van der Waals surface area contributed by atoms with Crippen LogP contribution in [0, 0.1) is 0 Å². The molecule has 0 radical (unpaired) electrons. The number of sulfonamides is 1. The summed E-state index contributed by atoms with van der Waals surface area (Å²) in [5, 5.41) is 15.9. The maximum Gasteiger partial charge on any atom is 0.261 e. The van der Waals surface area contributed by atoms with Crippen molar-refractivity contribution in [1.82, 2.24) is 10.2 Å². The zero-order valence-corrected chi connectivity index (χ0v) is 19.4. The van der Waals surface area contributed by atoms with Gasteiger partial charge >= 0.3 is 0 Å². The van der Waals surface area contributed by atoms with Crippen molar-refractivity contribution >= 4 is 50.4 Å². The minimum Gasteiger partial charge on any atom is -0.389 e. The SMILES string of the molecule is CS(=O)(=O)N=C(c1ccc(NCC(O)CNC(=O)c2ccc(Cl)s2)cc1)N1CCCC1. The molecule has 2 aromatic rings. The third-order valence-electron chi connectivity index (χ3n) is 4.64. The Morgan fingerprint density at radius 3 is 2.45 bits per heavy atom. The maximum absolute atomic E-state index is 12.0. The van der Waals surface area contributed by atoms with Gasteiger partial charge in [-0.3, -0.25) is 4.79 Å². The lowest BCUT2D eigenvalue weighted by Crippen LogP contribution is -2.35. The zero-order chi connectivity index (χ0) is 22.4. The van der Waals surface area contributed by atoms with E-state index >= 15 is 0 Å². The van der Waals surface area contributed by atoms with Crippen LogP contribution < -0.4 is 10.6 Å². The van der Waals surface area contributed by atoms with Crippen LogP contribution in [-0.2, 0) is 10.0 Å². The van der Waals surface area contributed by atoms with Crippen molar-refractivity contribution in [3.8, 4) is 0 Å². The molecule has 1 aromatic carbocycles. The van der Waals surface area contributed by atoms with Crippen molar-refractivity contribution in [3.63, 3.8) is 0 Å². The highest BCUT2D eigenvalue weighted by Gasteiger charge is 2.20. The lowest BCUT2D eigenvalue weighted by Gasteiger charge is -2.20. The fourth-order valence-electron chi connectivity index (χ4n) is 3.16. The second kappa shape index (κ2) is 10.4. The molecular weight excluding hydrogens is 460 g/mol. The van der Waals surface area contributed by atoms with Gasteiger partial charge in [-0.1, -0.05) is 11.6 Å². The number of amides is 1. The number of hydrogen-bond acceptors (Lipinski definition) is 6. The summed E-state index contributed by atoms with van der Waals surface area (Å²) in [5.41, 5.74) is 1.49. The molecule has 168 valence electrons. The number of benzene rings is 1. The highest BCUT2D eigenvalue weighted by atomic mass is 35.5. The Bertz CT molecular complexity index is 1030. The lowest BCUT2D eigenvalue weighted by molar-refractivity contribution is 0.0926. The number of nitrogens with zero attached hydrogens (tertiary/aromatic N) is 2. The van der Waals surface area contributed by atoms with Crippen LogP contribution in [0.3, 0.4) is 0 Å². The zero-order valence-electron chi connectivity index (χ0n) is 17.0.